The molecule has 0 unspecified atom stereocenters. The first-order valence-electron chi connectivity index (χ1n) is 3.94. The van der Waals surface area contributed by atoms with Crippen LogP contribution >= 0.6 is 0 Å². The van der Waals surface area contributed by atoms with Crippen LogP contribution in [0.25, 0.3) is 0 Å². The molecule has 14 heavy (non-hydrogen) atoms. The van der Waals surface area contributed by atoms with E-state index in [-0.39, 0.29) is 18.2 Å². The fraction of sp³-hybridized carbons (Fsp3) is 0.333. The second-order valence-corrected chi connectivity index (χ2v) is 2.40. The fourth-order valence-electron chi connectivity index (χ4n) is 0.886. The number of ether oxygens (including phenoxy) is 3. The lowest BCUT2D eigenvalue weighted by Gasteiger charge is -2.06. The number of methoxy groups -OCH3 is 2. The van der Waals surface area contributed by atoms with Crippen molar-refractivity contribution in [3.05, 3.63) is 23.9 Å². The highest BCUT2D eigenvalue weighted by Gasteiger charge is 2.13. The summed E-state index contributed by atoms with van der Waals surface area (Å²) >= 11 is 0. The van der Waals surface area contributed by atoms with Crippen molar-refractivity contribution in [2.45, 2.75) is 0 Å². The van der Waals surface area contributed by atoms with Gasteiger partial charge >= 0.3 is 5.97 Å². The van der Waals surface area contributed by atoms with Crippen molar-refractivity contribution in [2.24, 2.45) is 0 Å². The van der Waals surface area contributed by atoms with Gasteiger partial charge in [-0.3, -0.25) is 0 Å². The van der Waals surface area contributed by atoms with E-state index < -0.39 is 5.97 Å². The zero-order valence-corrected chi connectivity index (χ0v) is 8.02. The SMILES string of the molecule is COCOc1ncccc1C(=O)OC. The number of aromatic nitrogens is 1. The topological polar surface area (TPSA) is 57.7 Å². The summed E-state index contributed by atoms with van der Waals surface area (Å²) in [5.74, 6) is -0.273. The highest BCUT2D eigenvalue weighted by molar-refractivity contribution is 5.91. The van der Waals surface area contributed by atoms with E-state index in [1.54, 1.807) is 12.1 Å². The average molecular weight is 197 g/mol. The molecule has 0 radical (unpaired) electrons. The molecule has 0 bridgehead atoms. The molecule has 76 valence electrons. The molecule has 0 amide bonds. The van der Waals surface area contributed by atoms with E-state index in [9.17, 15) is 4.79 Å². The van der Waals surface area contributed by atoms with Crippen LogP contribution in [0.4, 0.5) is 0 Å². The Labute approximate surface area is 81.6 Å². The fourth-order valence-corrected chi connectivity index (χ4v) is 0.886. The van der Waals surface area contributed by atoms with Crippen LogP contribution in [0.15, 0.2) is 18.3 Å². The summed E-state index contributed by atoms with van der Waals surface area (Å²) in [6.07, 6.45) is 1.53. The predicted octanol–water partition coefficient (Wildman–Crippen LogP) is 0.851. The van der Waals surface area contributed by atoms with Crippen LogP contribution in [0.3, 0.4) is 0 Å². The summed E-state index contributed by atoms with van der Waals surface area (Å²) in [5.41, 5.74) is 0.284. The van der Waals surface area contributed by atoms with Crippen molar-refractivity contribution in [3.8, 4) is 5.88 Å². The summed E-state index contributed by atoms with van der Waals surface area (Å²) in [5, 5.41) is 0. The molecule has 0 spiro atoms. The van der Waals surface area contributed by atoms with Crippen LogP contribution in [-0.2, 0) is 9.47 Å². The Morgan fingerprint density at radius 2 is 2.29 bits per heavy atom. The highest BCUT2D eigenvalue weighted by Crippen LogP contribution is 2.14. The molecule has 1 aromatic rings. The maximum atomic E-state index is 11.2. The second-order valence-electron chi connectivity index (χ2n) is 2.40. The Kier molecular flexibility index (Phi) is 3.87. The van der Waals surface area contributed by atoms with E-state index in [0.717, 1.165) is 0 Å². The molecule has 0 fully saturated rings. The van der Waals surface area contributed by atoms with Gasteiger partial charge in [-0.1, -0.05) is 0 Å². The minimum atomic E-state index is -0.482. The predicted molar refractivity (Wildman–Crippen MR) is 48.1 cm³/mol. The summed E-state index contributed by atoms with van der Waals surface area (Å²) < 4.78 is 14.3. The number of hydrogen-bond donors (Lipinski definition) is 0. The van der Waals surface area contributed by atoms with Crippen LogP contribution in [0.5, 0.6) is 5.88 Å². The number of esters is 1. The Balaban J connectivity index is 2.85. The lowest BCUT2D eigenvalue weighted by Crippen LogP contribution is -2.08. The van der Waals surface area contributed by atoms with Crippen molar-refractivity contribution >= 4 is 5.97 Å². The van der Waals surface area contributed by atoms with Crippen LogP contribution < -0.4 is 4.74 Å². The van der Waals surface area contributed by atoms with Crippen LogP contribution in [0, 0.1) is 0 Å². The van der Waals surface area contributed by atoms with Gasteiger partial charge in [0, 0.05) is 13.3 Å². The lowest BCUT2D eigenvalue weighted by molar-refractivity contribution is 0.0436. The molecule has 0 saturated heterocycles. The molecule has 1 rings (SSSR count). The quantitative estimate of drug-likeness (QED) is 0.529. The molecule has 0 saturated carbocycles. The third-order valence-corrected chi connectivity index (χ3v) is 1.49. The van der Waals surface area contributed by atoms with Gasteiger partial charge < -0.3 is 14.2 Å². The second kappa shape index (κ2) is 5.18. The van der Waals surface area contributed by atoms with Gasteiger partial charge in [0.05, 0.1) is 7.11 Å². The minimum Gasteiger partial charge on any atom is -0.465 e. The van der Waals surface area contributed by atoms with Gasteiger partial charge in [-0.05, 0) is 12.1 Å². The number of nitrogens with zero attached hydrogens (tertiary/aromatic N) is 1. The maximum absolute atomic E-state index is 11.2. The van der Waals surface area contributed by atoms with E-state index in [4.69, 9.17) is 9.47 Å². The molecule has 0 aliphatic carbocycles. The summed E-state index contributed by atoms with van der Waals surface area (Å²) in [4.78, 5) is 15.1. The van der Waals surface area contributed by atoms with E-state index >= 15 is 0 Å². The van der Waals surface area contributed by atoms with Gasteiger partial charge in [0.2, 0.25) is 5.88 Å². The first kappa shape index (κ1) is 10.5. The molecule has 0 aromatic carbocycles. The van der Waals surface area contributed by atoms with Gasteiger partial charge in [0.1, 0.15) is 5.56 Å². The first-order valence-corrected chi connectivity index (χ1v) is 3.94. The Hall–Kier alpha value is -1.62. The first-order chi connectivity index (χ1) is 6.79. The molecule has 1 heterocycles. The van der Waals surface area contributed by atoms with Crippen molar-refractivity contribution in [2.75, 3.05) is 21.0 Å². The zero-order valence-electron chi connectivity index (χ0n) is 8.02. The van der Waals surface area contributed by atoms with Crippen LogP contribution in [-0.4, -0.2) is 32.0 Å². The zero-order chi connectivity index (χ0) is 10.4. The van der Waals surface area contributed by atoms with Gasteiger partial charge in [0.15, 0.2) is 6.79 Å². The number of rotatable bonds is 4. The van der Waals surface area contributed by atoms with E-state index in [0.29, 0.717) is 0 Å². The maximum Gasteiger partial charge on any atom is 0.343 e. The third-order valence-electron chi connectivity index (χ3n) is 1.49. The van der Waals surface area contributed by atoms with Gasteiger partial charge in [-0.2, -0.15) is 0 Å². The van der Waals surface area contributed by atoms with E-state index in [1.807, 2.05) is 0 Å². The van der Waals surface area contributed by atoms with Gasteiger partial charge in [-0.25, -0.2) is 9.78 Å². The van der Waals surface area contributed by atoms with Gasteiger partial charge in [0.25, 0.3) is 0 Å². The van der Waals surface area contributed by atoms with Crippen molar-refractivity contribution in [1.29, 1.82) is 0 Å². The highest BCUT2D eigenvalue weighted by atomic mass is 16.7. The number of carbonyl (C=O) groups is 1. The van der Waals surface area contributed by atoms with E-state index in [2.05, 4.69) is 9.72 Å². The smallest absolute Gasteiger partial charge is 0.343 e. The lowest BCUT2D eigenvalue weighted by atomic mass is 10.3. The molecule has 0 aliphatic rings. The van der Waals surface area contributed by atoms with Crippen LogP contribution in [0.1, 0.15) is 10.4 Å². The molecule has 1 aromatic heterocycles. The molecule has 5 nitrogen and oxygen atoms in total. The standard InChI is InChI=1S/C9H11NO4/c1-12-6-14-8-7(9(11)13-2)4-3-5-10-8/h3-5H,6H2,1-2H3. The van der Waals surface area contributed by atoms with Crippen molar-refractivity contribution < 1.29 is 19.0 Å². The molecule has 0 N–H and O–H groups in total. The molecular weight excluding hydrogens is 186 g/mol. The number of carbonyl (C=O) groups excluding carboxylic acids is 1. The third kappa shape index (κ3) is 2.43. The Bertz CT molecular complexity index is 313. The Morgan fingerprint density at radius 1 is 1.50 bits per heavy atom. The van der Waals surface area contributed by atoms with Crippen molar-refractivity contribution in [3.63, 3.8) is 0 Å². The average Bonchev–Trinajstić information content (AvgIpc) is 2.25. The largest absolute Gasteiger partial charge is 0.465 e. The molecular formula is C9H11NO4. The summed E-state index contributed by atoms with van der Waals surface area (Å²) in [6.45, 7) is 0.0427. The summed E-state index contributed by atoms with van der Waals surface area (Å²) in [6, 6.07) is 3.20. The molecule has 0 aliphatic heterocycles. The monoisotopic (exact) mass is 197 g/mol. The van der Waals surface area contributed by atoms with E-state index in [1.165, 1.54) is 20.4 Å². The Morgan fingerprint density at radius 3 is 2.93 bits per heavy atom. The molecule has 0 atom stereocenters. The minimum absolute atomic E-state index is 0.0427. The number of hydrogen-bond acceptors (Lipinski definition) is 5. The van der Waals surface area contributed by atoms with Crippen LogP contribution in [0.2, 0.25) is 0 Å². The molecule has 5 heteroatoms. The van der Waals surface area contributed by atoms with Crippen molar-refractivity contribution in [1.82, 2.24) is 4.98 Å². The number of pyridine rings is 1. The van der Waals surface area contributed by atoms with Gasteiger partial charge in [-0.15, -0.1) is 0 Å². The normalized spacial score (nSPS) is 9.57. The summed E-state index contributed by atoms with van der Waals surface area (Å²) in [7, 11) is 2.79.